The van der Waals surface area contributed by atoms with Crippen LogP contribution in [0.15, 0.2) is 53.2 Å². The number of guanidine groups is 1. The van der Waals surface area contributed by atoms with Crippen LogP contribution in [0.2, 0.25) is 0 Å². The molecule has 3 aromatic rings. The Bertz CT molecular complexity index is 922. The number of anilines is 1. The fourth-order valence-electron chi connectivity index (χ4n) is 3.45. The zero-order valence-electron chi connectivity index (χ0n) is 17.0. The minimum Gasteiger partial charge on any atom is -0.360 e. The Hall–Kier alpha value is -2.87. The first-order chi connectivity index (χ1) is 14.2. The van der Waals surface area contributed by atoms with Crippen molar-refractivity contribution >= 4 is 22.3 Å². The van der Waals surface area contributed by atoms with Crippen molar-refractivity contribution in [2.75, 3.05) is 37.6 Å². The van der Waals surface area contributed by atoms with E-state index in [4.69, 9.17) is 4.99 Å². The smallest absolute Gasteiger partial charge is 0.194 e. The molecular formula is C21H27N7S. The fraction of sp³-hybridized carbons (Fsp3) is 0.381. The summed E-state index contributed by atoms with van der Waals surface area (Å²) in [6.07, 6.45) is 5.61. The van der Waals surface area contributed by atoms with Gasteiger partial charge in [-0.25, -0.2) is 15.0 Å². The Morgan fingerprint density at radius 2 is 2.03 bits per heavy atom. The summed E-state index contributed by atoms with van der Waals surface area (Å²) in [7, 11) is 0. The molecule has 0 unspecified atom stereocenters. The molecule has 1 aliphatic heterocycles. The van der Waals surface area contributed by atoms with Crippen LogP contribution in [0.3, 0.4) is 0 Å². The van der Waals surface area contributed by atoms with E-state index in [1.807, 2.05) is 30.0 Å². The third-order valence-corrected chi connectivity index (χ3v) is 5.95. The highest BCUT2D eigenvalue weighted by molar-refractivity contribution is 7.14. The Morgan fingerprint density at radius 1 is 1.17 bits per heavy atom. The molecule has 3 aromatic heterocycles. The Morgan fingerprint density at radius 3 is 2.66 bits per heavy atom. The van der Waals surface area contributed by atoms with Crippen LogP contribution in [0.1, 0.15) is 18.3 Å². The van der Waals surface area contributed by atoms with E-state index in [-0.39, 0.29) is 0 Å². The van der Waals surface area contributed by atoms with E-state index in [2.05, 4.69) is 55.6 Å². The molecular weight excluding hydrogens is 382 g/mol. The predicted octanol–water partition coefficient (Wildman–Crippen LogP) is 2.92. The highest BCUT2D eigenvalue weighted by atomic mass is 32.1. The van der Waals surface area contributed by atoms with Gasteiger partial charge in [-0.1, -0.05) is 6.07 Å². The van der Waals surface area contributed by atoms with Gasteiger partial charge in [0, 0.05) is 51.3 Å². The van der Waals surface area contributed by atoms with Crippen molar-refractivity contribution in [3.63, 3.8) is 0 Å². The van der Waals surface area contributed by atoms with Crippen molar-refractivity contribution in [2.24, 2.45) is 4.99 Å². The number of rotatable bonds is 5. The van der Waals surface area contributed by atoms with E-state index in [1.54, 1.807) is 17.5 Å². The van der Waals surface area contributed by atoms with Crippen LogP contribution < -0.4 is 10.2 Å². The molecule has 0 atom stereocenters. The molecule has 4 rings (SSSR count). The number of aromatic nitrogens is 3. The van der Waals surface area contributed by atoms with Gasteiger partial charge in [0.25, 0.3) is 0 Å². The second-order valence-electron chi connectivity index (χ2n) is 6.96. The number of imidazole rings is 1. The van der Waals surface area contributed by atoms with E-state index in [0.717, 1.165) is 55.9 Å². The van der Waals surface area contributed by atoms with Gasteiger partial charge in [-0.3, -0.25) is 4.57 Å². The first-order valence-electron chi connectivity index (χ1n) is 10.0. The average Bonchev–Trinajstić information content (AvgIpc) is 3.44. The molecule has 1 N–H and O–H groups in total. The van der Waals surface area contributed by atoms with Crippen molar-refractivity contribution in [1.29, 1.82) is 0 Å². The molecule has 0 bridgehead atoms. The summed E-state index contributed by atoms with van der Waals surface area (Å²) < 4.78 is 1.98. The highest BCUT2D eigenvalue weighted by Crippen LogP contribution is 2.22. The van der Waals surface area contributed by atoms with Gasteiger partial charge in [0.2, 0.25) is 0 Å². The number of aryl methyl sites for hydroxylation is 1. The van der Waals surface area contributed by atoms with E-state index < -0.39 is 0 Å². The Balaban J connectivity index is 1.39. The lowest BCUT2D eigenvalue weighted by molar-refractivity contribution is 0.373. The maximum Gasteiger partial charge on any atom is 0.194 e. The summed E-state index contributed by atoms with van der Waals surface area (Å²) >= 11 is 1.81. The molecule has 152 valence electrons. The number of nitrogens with one attached hydrogen (secondary N) is 1. The third-order valence-electron chi connectivity index (χ3n) is 5.03. The van der Waals surface area contributed by atoms with Crippen LogP contribution in [0.25, 0.3) is 5.82 Å². The highest BCUT2D eigenvalue weighted by Gasteiger charge is 2.20. The lowest BCUT2D eigenvalue weighted by atomic mass is 10.3. The standard InChI is InChI=1S/C21H27N7S/c1-3-22-21(27-12-10-26(11-13-27)20-5-4-14-29-20)25-16-18-6-7-19(24-15-18)28-9-8-23-17(28)2/h4-9,14-15H,3,10-13,16H2,1-2H3,(H,22,25). The van der Waals surface area contributed by atoms with Gasteiger partial charge in [-0.2, -0.15) is 0 Å². The van der Waals surface area contributed by atoms with Crippen LogP contribution in [-0.4, -0.2) is 58.1 Å². The van der Waals surface area contributed by atoms with Gasteiger partial charge in [0.1, 0.15) is 11.6 Å². The number of hydrogen-bond acceptors (Lipinski definition) is 5. The summed E-state index contributed by atoms with van der Waals surface area (Å²) in [6, 6.07) is 8.42. The topological polar surface area (TPSA) is 61.6 Å². The van der Waals surface area contributed by atoms with Gasteiger partial charge in [-0.15, -0.1) is 11.3 Å². The van der Waals surface area contributed by atoms with E-state index in [1.165, 1.54) is 5.00 Å². The molecule has 4 heterocycles. The second kappa shape index (κ2) is 9.09. The van der Waals surface area contributed by atoms with Gasteiger partial charge < -0.3 is 15.1 Å². The first kappa shape index (κ1) is 19.4. The van der Waals surface area contributed by atoms with Crippen molar-refractivity contribution in [1.82, 2.24) is 24.8 Å². The van der Waals surface area contributed by atoms with Gasteiger partial charge in [-0.05, 0) is 43.0 Å². The van der Waals surface area contributed by atoms with Crippen molar-refractivity contribution in [3.8, 4) is 5.82 Å². The quantitative estimate of drug-likeness (QED) is 0.519. The maximum atomic E-state index is 4.86. The number of piperazine rings is 1. The minimum absolute atomic E-state index is 0.615. The SMILES string of the molecule is CCNC(=NCc1ccc(-n2ccnc2C)nc1)N1CCN(c2cccs2)CC1. The van der Waals surface area contributed by atoms with Gasteiger partial charge >= 0.3 is 0 Å². The molecule has 0 spiro atoms. The Labute approximate surface area is 175 Å². The Kier molecular flexibility index (Phi) is 6.09. The molecule has 1 saturated heterocycles. The van der Waals surface area contributed by atoms with Crippen molar-refractivity contribution in [3.05, 3.63) is 59.6 Å². The van der Waals surface area contributed by atoms with Gasteiger partial charge in [0.05, 0.1) is 11.5 Å². The van der Waals surface area contributed by atoms with Crippen LogP contribution >= 0.6 is 11.3 Å². The number of nitrogens with zero attached hydrogens (tertiary/aromatic N) is 6. The summed E-state index contributed by atoms with van der Waals surface area (Å²) in [4.78, 5) is 18.5. The first-order valence-corrected chi connectivity index (χ1v) is 10.9. The predicted molar refractivity (Wildman–Crippen MR) is 119 cm³/mol. The summed E-state index contributed by atoms with van der Waals surface area (Å²) in [6.45, 7) is 9.55. The molecule has 0 aromatic carbocycles. The molecule has 0 amide bonds. The van der Waals surface area contributed by atoms with Crippen LogP contribution in [0.5, 0.6) is 0 Å². The van der Waals surface area contributed by atoms with E-state index in [9.17, 15) is 0 Å². The molecule has 1 aliphatic rings. The number of aliphatic imine (C=N–C) groups is 1. The van der Waals surface area contributed by atoms with Crippen LogP contribution in [0, 0.1) is 6.92 Å². The molecule has 7 nitrogen and oxygen atoms in total. The second-order valence-corrected chi connectivity index (χ2v) is 7.89. The monoisotopic (exact) mass is 409 g/mol. The number of hydrogen-bond donors (Lipinski definition) is 1. The minimum atomic E-state index is 0.615. The van der Waals surface area contributed by atoms with Crippen molar-refractivity contribution in [2.45, 2.75) is 20.4 Å². The van der Waals surface area contributed by atoms with Crippen molar-refractivity contribution < 1.29 is 0 Å². The largest absolute Gasteiger partial charge is 0.360 e. The molecule has 0 aliphatic carbocycles. The summed E-state index contributed by atoms with van der Waals surface area (Å²) in [5.41, 5.74) is 1.10. The van der Waals surface area contributed by atoms with Crippen LogP contribution in [-0.2, 0) is 6.54 Å². The average molecular weight is 410 g/mol. The molecule has 29 heavy (non-hydrogen) atoms. The molecule has 1 fully saturated rings. The van der Waals surface area contributed by atoms with Crippen LogP contribution in [0.4, 0.5) is 5.00 Å². The summed E-state index contributed by atoms with van der Waals surface area (Å²) in [5.74, 6) is 2.79. The number of thiophene rings is 1. The fourth-order valence-corrected chi connectivity index (χ4v) is 4.24. The van der Waals surface area contributed by atoms with E-state index in [0.29, 0.717) is 6.54 Å². The lowest BCUT2D eigenvalue weighted by Gasteiger charge is -2.37. The zero-order valence-corrected chi connectivity index (χ0v) is 17.8. The maximum absolute atomic E-state index is 4.86. The molecule has 8 heteroatoms. The zero-order chi connectivity index (χ0) is 20.1. The number of pyridine rings is 1. The normalized spacial score (nSPS) is 15.0. The summed E-state index contributed by atoms with van der Waals surface area (Å²) in [5, 5.41) is 6.93. The molecule has 0 radical (unpaired) electrons. The third kappa shape index (κ3) is 4.59. The van der Waals surface area contributed by atoms with E-state index >= 15 is 0 Å². The lowest BCUT2D eigenvalue weighted by Crippen LogP contribution is -2.52. The van der Waals surface area contributed by atoms with Gasteiger partial charge in [0.15, 0.2) is 5.96 Å². The molecule has 0 saturated carbocycles.